The Labute approximate surface area is 125 Å². The van der Waals surface area contributed by atoms with Crippen LogP contribution in [0.1, 0.15) is 18.1 Å². The van der Waals surface area contributed by atoms with E-state index in [1.807, 2.05) is 55.5 Å². The summed E-state index contributed by atoms with van der Waals surface area (Å²) < 4.78 is 17.6. The molecule has 1 heterocycles. The molecule has 3 nitrogen and oxygen atoms in total. The molecule has 1 aliphatic heterocycles. The number of rotatable bonds is 5. The molecule has 2 aromatic rings. The van der Waals surface area contributed by atoms with E-state index in [-0.39, 0.29) is 6.10 Å². The highest BCUT2D eigenvalue weighted by Gasteiger charge is 2.38. The van der Waals surface area contributed by atoms with E-state index in [0.717, 1.165) is 5.56 Å². The zero-order chi connectivity index (χ0) is 14.5. The maximum Gasteiger partial charge on any atom is 0.192 e. The standard InChI is InChI=1S/C18H20O3/c1-18(16-10-6-3-7-11-16)20-14-17(21-18)13-19-12-15-8-4-2-5-9-15/h2-11,17H,12-14H2,1H3. The van der Waals surface area contributed by atoms with Crippen molar-refractivity contribution >= 4 is 0 Å². The van der Waals surface area contributed by atoms with Gasteiger partial charge in [-0.25, -0.2) is 0 Å². The predicted octanol–water partition coefficient (Wildman–Crippen LogP) is 3.49. The molecule has 0 saturated carbocycles. The summed E-state index contributed by atoms with van der Waals surface area (Å²) in [5.74, 6) is -0.665. The lowest BCUT2D eigenvalue weighted by Crippen LogP contribution is -2.25. The lowest BCUT2D eigenvalue weighted by Gasteiger charge is -2.23. The molecule has 0 amide bonds. The lowest BCUT2D eigenvalue weighted by atomic mass is 10.1. The van der Waals surface area contributed by atoms with Crippen LogP contribution in [0.2, 0.25) is 0 Å². The number of hydrogen-bond acceptors (Lipinski definition) is 3. The van der Waals surface area contributed by atoms with Crippen LogP contribution in [0.5, 0.6) is 0 Å². The Morgan fingerprint density at radius 1 is 1.05 bits per heavy atom. The number of ether oxygens (including phenoxy) is 3. The first-order valence-electron chi connectivity index (χ1n) is 7.25. The Morgan fingerprint density at radius 3 is 2.43 bits per heavy atom. The van der Waals surface area contributed by atoms with Crippen LogP contribution in [0.3, 0.4) is 0 Å². The molecule has 0 N–H and O–H groups in total. The van der Waals surface area contributed by atoms with Gasteiger partial charge in [-0.3, -0.25) is 0 Å². The molecular formula is C18H20O3. The molecule has 0 spiro atoms. The largest absolute Gasteiger partial charge is 0.374 e. The van der Waals surface area contributed by atoms with Gasteiger partial charge in [-0.05, 0) is 12.5 Å². The minimum atomic E-state index is -0.665. The Balaban J connectivity index is 1.51. The van der Waals surface area contributed by atoms with Crippen molar-refractivity contribution in [3.8, 4) is 0 Å². The van der Waals surface area contributed by atoms with Crippen molar-refractivity contribution in [3.63, 3.8) is 0 Å². The van der Waals surface area contributed by atoms with Crippen molar-refractivity contribution in [1.29, 1.82) is 0 Å². The van der Waals surface area contributed by atoms with Gasteiger partial charge in [0.2, 0.25) is 0 Å². The van der Waals surface area contributed by atoms with Crippen molar-refractivity contribution in [1.82, 2.24) is 0 Å². The van der Waals surface area contributed by atoms with E-state index in [1.165, 1.54) is 5.56 Å². The monoisotopic (exact) mass is 284 g/mol. The summed E-state index contributed by atoms with van der Waals surface area (Å²) in [4.78, 5) is 0. The molecule has 2 unspecified atom stereocenters. The van der Waals surface area contributed by atoms with Gasteiger partial charge < -0.3 is 14.2 Å². The molecule has 1 saturated heterocycles. The lowest BCUT2D eigenvalue weighted by molar-refractivity contribution is -0.167. The first-order valence-corrected chi connectivity index (χ1v) is 7.25. The summed E-state index contributed by atoms with van der Waals surface area (Å²) in [7, 11) is 0. The summed E-state index contributed by atoms with van der Waals surface area (Å²) in [6.45, 7) is 3.65. The van der Waals surface area contributed by atoms with Gasteiger partial charge in [0.25, 0.3) is 0 Å². The van der Waals surface area contributed by atoms with Crippen LogP contribution in [0, 0.1) is 0 Å². The molecule has 3 rings (SSSR count). The van der Waals surface area contributed by atoms with Gasteiger partial charge in [0.15, 0.2) is 5.79 Å². The van der Waals surface area contributed by atoms with Gasteiger partial charge in [-0.1, -0.05) is 60.7 Å². The molecule has 1 aliphatic rings. The minimum absolute atomic E-state index is 0.0288. The maximum absolute atomic E-state index is 6.03. The first kappa shape index (κ1) is 14.3. The molecule has 2 aromatic carbocycles. The minimum Gasteiger partial charge on any atom is -0.374 e. The summed E-state index contributed by atoms with van der Waals surface area (Å²) >= 11 is 0. The fraction of sp³-hybridized carbons (Fsp3) is 0.333. The van der Waals surface area contributed by atoms with Crippen LogP contribution in [-0.2, 0) is 26.6 Å². The fourth-order valence-electron chi connectivity index (χ4n) is 2.49. The molecule has 21 heavy (non-hydrogen) atoms. The van der Waals surface area contributed by atoms with Crippen LogP contribution in [0.15, 0.2) is 60.7 Å². The van der Waals surface area contributed by atoms with Crippen LogP contribution >= 0.6 is 0 Å². The van der Waals surface area contributed by atoms with Crippen LogP contribution in [0.4, 0.5) is 0 Å². The molecule has 0 radical (unpaired) electrons. The third-order valence-corrected chi connectivity index (χ3v) is 3.65. The highest BCUT2D eigenvalue weighted by atomic mass is 16.7. The second kappa shape index (κ2) is 6.39. The van der Waals surface area contributed by atoms with E-state index in [1.54, 1.807) is 0 Å². The summed E-state index contributed by atoms with van der Waals surface area (Å²) in [5, 5.41) is 0. The molecular weight excluding hydrogens is 264 g/mol. The van der Waals surface area contributed by atoms with E-state index < -0.39 is 5.79 Å². The van der Waals surface area contributed by atoms with Gasteiger partial charge in [0, 0.05) is 5.56 Å². The van der Waals surface area contributed by atoms with E-state index in [9.17, 15) is 0 Å². The highest BCUT2D eigenvalue weighted by Crippen LogP contribution is 2.33. The van der Waals surface area contributed by atoms with Crippen LogP contribution in [0.25, 0.3) is 0 Å². The van der Waals surface area contributed by atoms with Gasteiger partial charge >= 0.3 is 0 Å². The highest BCUT2D eigenvalue weighted by molar-refractivity contribution is 5.20. The fourth-order valence-corrected chi connectivity index (χ4v) is 2.49. The normalized spacial score (nSPS) is 25.1. The Kier molecular flexibility index (Phi) is 4.34. The zero-order valence-electron chi connectivity index (χ0n) is 12.2. The molecule has 0 aliphatic carbocycles. The molecule has 1 fully saturated rings. The third-order valence-electron chi connectivity index (χ3n) is 3.65. The summed E-state index contributed by atoms with van der Waals surface area (Å²) in [6, 6.07) is 20.2. The molecule has 3 heteroatoms. The Hall–Kier alpha value is -1.68. The van der Waals surface area contributed by atoms with Gasteiger partial charge in [0.1, 0.15) is 6.10 Å². The van der Waals surface area contributed by atoms with E-state index in [4.69, 9.17) is 14.2 Å². The zero-order valence-corrected chi connectivity index (χ0v) is 12.2. The average Bonchev–Trinajstić information content (AvgIpc) is 2.92. The topological polar surface area (TPSA) is 27.7 Å². The van der Waals surface area contributed by atoms with Crippen molar-refractivity contribution in [2.24, 2.45) is 0 Å². The first-order chi connectivity index (χ1) is 10.3. The predicted molar refractivity (Wildman–Crippen MR) is 80.7 cm³/mol. The van der Waals surface area contributed by atoms with Gasteiger partial charge in [-0.15, -0.1) is 0 Å². The van der Waals surface area contributed by atoms with Crippen LogP contribution < -0.4 is 0 Å². The third kappa shape index (κ3) is 3.50. The SMILES string of the molecule is CC1(c2ccccc2)OCC(COCc2ccccc2)O1. The second-order valence-electron chi connectivity index (χ2n) is 5.36. The number of hydrogen-bond donors (Lipinski definition) is 0. The molecule has 0 aromatic heterocycles. The smallest absolute Gasteiger partial charge is 0.192 e. The van der Waals surface area contributed by atoms with Gasteiger partial charge in [0.05, 0.1) is 19.8 Å². The Morgan fingerprint density at radius 2 is 1.71 bits per heavy atom. The Bertz CT molecular complexity index is 555. The second-order valence-corrected chi connectivity index (χ2v) is 5.36. The van der Waals surface area contributed by atoms with Gasteiger partial charge in [-0.2, -0.15) is 0 Å². The van der Waals surface area contributed by atoms with Crippen molar-refractivity contribution in [2.75, 3.05) is 13.2 Å². The van der Waals surface area contributed by atoms with E-state index in [0.29, 0.717) is 19.8 Å². The summed E-state index contributed by atoms with van der Waals surface area (Å²) in [5.41, 5.74) is 2.21. The number of benzene rings is 2. The molecule has 2 atom stereocenters. The van der Waals surface area contributed by atoms with Crippen molar-refractivity contribution in [3.05, 3.63) is 71.8 Å². The average molecular weight is 284 g/mol. The van der Waals surface area contributed by atoms with E-state index >= 15 is 0 Å². The quantitative estimate of drug-likeness (QED) is 0.841. The van der Waals surface area contributed by atoms with Crippen molar-refractivity contribution in [2.45, 2.75) is 25.4 Å². The van der Waals surface area contributed by atoms with Crippen LogP contribution in [-0.4, -0.2) is 19.3 Å². The maximum atomic E-state index is 6.03. The molecule has 110 valence electrons. The van der Waals surface area contributed by atoms with Crippen molar-refractivity contribution < 1.29 is 14.2 Å². The summed E-state index contributed by atoms with van der Waals surface area (Å²) in [6.07, 6.45) is -0.0288. The molecule has 0 bridgehead atoms. The van der Waals surface area contributed by atoms with E-state index in [2.05, 4.69) is 12.1 Å².